The zero-order valence-electron chi connectivity index (χ0n) is 16.0. The van der Waals surface area contributed by atoms with E-state index < -0.39 is 0 Å². The van der Waals surface area contributed by atoms with Gasteiger partial charge in [0.1, 0.15) is 0 Å². The molecular weight excluding hydrogens is 342 g/mol. The number of hydrogen-bond donors (Lipinski definition) is 1. The fourth-order valence-electron chi connectivity index (χ4n) is 3.95. The Morgan fingerprint density at radius 3 is 2.50 bits per heavy atom. The van der Waals surface area contributed by atoms with Crippen molar-refractivity contribution in [3.05, 3.63) is 35.9 Å². The van der Waals surface area contributed by atoms with Gasteiger partial charge in [0.25, 0.3) is 0 Å². The minimum atomic E-state index is 0.0870. The lowest BCUT2D eigenvalue weighted by molar-refractivity contribution is -0.138. The summed E-state index contributed by atoms with van der Waals surface area (Å²) in [7, 11) is 0. The van der Waals surface area contributed by atoms with Crippen molar-refractivity contribution in [3.63, 3.8) is 0 Å². The Morgan fingerprint density at radius 1 is 1.12 bits per heavy atom. The summed E-state index contributed by atoms with van der Waals surface area (Å²) in [5, 5.41) is 4.21. The third-order valence-corrected chi connectivity index (χ3v) is 6.17. The van der Waals surface area contributed by atoms with E-state index in [0.717, 1.165) is 62.9 Å². The number of thiocarbonyl (C=S) groups is 1. The van der Waals surface area contributed by atoms with E-state index in [-0.39, 0.29) is 12.0 Å². The summed E-state index contributed by atoms with van der Waals surface area (Å²) in [6.45, 7) is 7.94. The van der Waals surface area contributed by atoms with Crippen molar-refractivity contribution in [1.82, 2.24) is 15.1 Å². The van der Waals surface area contributed by atoms with E-state index in [4.69, 9.17) is 12.2 Å². The summed E-state index contributed by atoms with van der Waals surface area (Å²) in [5.74, 6) is 1.17. The molecule has 1 N–H and O–H groups in total. The van der Waals surface area contributed by atoms with Gasteiger partial charge in [-0.2, -0.15) is 0 Å². The summed E-state index contributed by atoms with van der Waals surface area (Å²) in [5.41, 5.74) is 1.22. The van der Waals surface area contributed by atoms with Gasteiger partial charge in [-0.25, -0.2) is 0 Å². The van der Waals surface area contributed by atoms with Crippen molar-refractivity contribution < 1.29 is 4.79 Å². The van der Waals surface area contributed by atoms with Crippen LogP contribution in [0.15, 0.2) is 30.3 Å². The lowest BCUT2D eigenvalue weighted by Crippen LogP contribution is -2.50. The summed E-state index contributed by atoms with van der Waals surface area (Å²) in [6, 6.07) is 10.5. The molecule has 1 amide bonds. The van der Waals surface area contributed by atoms with Crippen LogP contribution in [-0.2, 0) is 4.79 Å². The molecule has 0 bridgehead atoms. The van der Waals surface area contributed by atoms with Gasteiger partial charge in [0, 0.05) is 26.2 Å². The monoisotopic (exact) mass is 373 g/mol. The first-order chi connectivity index (χ1) is 12.5. The predicted molar refractivity (Wildman–Crippen MR) is 110 cm³/mol. The molecule has 2 aliphatic rings. The number of likely N-dealkylation sites (tertiary alicyclic amines) is 2. The van der Waals surface area contributed by atoms with E-state index in [9.17, 15) is 4.79 Å². The number of hydrogen-bond acceptors (Lipinski definition) is 2. The zero-order valence-corrected chi connectivity index (χ0v) is 16.8. The molecule has 2 heterocycles. The van der Waals surface area contributed by atoms with Crippen LogP contribution in [0.2, 0.25) is 0 Å². The lowest BCUT2D eigenvalue weighted by Gasteiger charge is -2.38. The Labute approximate surface area is 162 Å². The van der Waals surface area contributed by atoms with Crippen LogP contribution < -0.4 is 5.32 Å². The molecule has 0 radical (unpaired) electrons. The van der Waals surface area contributed by atoms with Crippen LogP contribution in [0.5, 0.6) is 0 Å². The zero-order chi connectivity index (χ0) is 18.5. The molecule has 3 rings (SSSR count). The molecule has 142 valence electrons. The Hall–Kier alpha value is -1.62. The highest BCUT2D eigenvalue weighted by atomic mass is 32.1. The molecule has 4 nitrogen and oxygen atoms in total. The van der Waals surface area contributed by atoms with Gasteiger partial charge in [-0.15, -0.1) is 0 Å². The van der Waals surface area contributed by atoms with Crippen molar-refractivity contribution >= 4 is 23.2 Å². The van der Waals surface area contributed by atoms with Crippen molar-refractivity contribution in [3.8, 4) is 0 Å². The number of nitrogens with one attached hydrogen (secondary N) is 1. The molecular formula is C21H31N3OS. The second-order valence-electron chi connectivity index (χ2n) is 7.87. The smallest absolute Gasteiger partial charge is 0.227 e. The lowest BCUT2D eigenvalue weighted by atomic mass is 9.93. The van der Waals surface area contributed by atoms with Crippen LogP contribution in [0.3, 0.4) is 0 Å². The number of amides is 1. The quantitative estimate of drug-likeness (QED) is 0.822. The normalized spacial score (nSPS) is 22.8. The van der Waals surface area contributed by atoms with Gasteiger partial charge in [0.2, 0.25) is 5.91 Å². The highest BCUT2D eigenvalue weighted by Crippen LogP contribution is 2.23. The summed E-state index contributed by atoms with van der Waals surface area (Å²) in [6.07, 6.45) is 4.29. The first-order valence-corrected chi connectivity index (χ1v) is 10.3. The highest BCUT2D eigenvalue weighted by Gasteiger charge is 2.31. The molecule has 1 aromatic carbocycles. The van der Waals surface area contributed by atoms with Crippen LogP contribution in [0.25, 0.3) is 0 Å². The average Bonchev–Trinajstić information content (AvgIpc) is 2.68. The van der Waals surface area contributed by atoms with E-state index in [0.29, 0.717) is 5.91 Å². The number of piperidine rings is 2. The predicted octanol–water partition coefficient (Wildman–Crippen LogP) is 3.59. The van der Waals surface area contributed by atoms with Gasteiger partial charge in [0.15, 0.2) is 5.11 Å². The molecule has 26 heavy (non-hydrogen) atoms. The maximum absolute atomic E-state index is 12.9. The Morgan fingerprint density at radius 2 is 1.81 bits per heavy atom. The van der Waals surface area contributed by atoms with Gasteiger partial charge in [-0.05, 0) is 56.3 Å². The second-order valence-corrected chi connectivity index (χ2v) is 8.26. The highest BCUT2D eigenvalue weighted by molar-refractivity contribution is 7.80. The second kappa shape index (κ2) is 8.85. The largest absolute Gasteiger partial charge is 0.356 e. The van der Waals surface area contributed by atoms with E-state index >= 15 is 0 Å². The van der Waals surface area contributed by atoms with E-state index in [2.05, 4.69) is 41.1 Å². The number of carbonyl (C=O) groups excluding carboxylic acids is 1. The third kappa shape index (κ3) is 4.76. The molecule has 5 heteroatoms. The van der Waals surface area contributed by atoms with Crippen molar-refractivity contribution in [2.75, 3.05) is 26.2 Å². The molecule has 0 aromatic heterocycles. The number of rotatable bonds is 3. The number of nitrogens with zero attached hydrogens (tertiary/aromatic N) is 2. The SMILES string of the molecule is CC1CCN(C(=O)[C@@H]2CCCN(C(=S)N[C@H](C)c3ccccc3)C2)CC1. The topological polar surface area (TPSA) is 35.6 Å². The van der Waals surface area contributed by atoms with E-state index in [1.165, 1.54) is 5.56 Å². The van der Waals surface area contributed by atoms with Crippen LogP contribution in [0, 0.1) is 11.8 Å². The van der Waals surface area contributed by atoms with Gasteiger partial charge < -0.3 is 15.1 Å². The standard InChI is InChI=1S/C21H31N3OS/c1-16-10-13-23(14-11-16)20(25)19-9-6-12-24(15-19)21(26)22-17(2)18-7-4-3-5-8-18/h3-5,7-8,16-17,19H,6,9-15H2,1-2H3,(H,22,26)/t17-,19-/m1/s1. The minimum absolute atomic E-state index is 0.0870. The Balaban J connectivity index is 1.54. The maximum Gasteiger partial charge on any atom is 0.227 e. The van der Waals surface area contributed by atoms with Crippen LogP contribution in [0.1, 0.15) is 51.1 Å². The summed E-state index contributed by atoms with van der Waals surface area (Å²) in [4.78, 5) is 17.2. The molecule has 0 aliphatic carbocycles. The molecule has 2 fully saturated rings. The first-order valence-electron chi connectivity index (χ1n) is 9.93. The average molecular weight is 374 g/mol. The number of benzene rings is 1. The molecule has 2 saturated heterocycles. The molecule has 2 atom stereocenters. The summed E-state index contributed by atoms with van der Waals surface area (Å²) < 4.78 is 0. The molecule has 0 saturated carbocycles. The van der Waals surface area contributed by atoms with Crippen molar-refractivity contribution in [2.24, 2.45) is 11.8 Å². The molecule has 0 unspecified atom stereocenters. The summed E-state index contributed by atoms with van der Waals surface area (Å²) >= 11 is 5.65. The molecule has 1 aromatic rings. The van der Waals surface area contributed by atoms with Gasteiger partial charge >= 0.3 is 0 Å². The third-order valence-electron chi connectivity index (χ3n) is 5.79. The number of carbonyl (C=O) groups is 1. The van der Waals surface area contributed by atoms with Gasteiger partial charge in [0.05, 0.1) is 12.0 Å². The van der Waals surface area contributed by atoms with Gasteiger partial charge in [-0.1, -0.05) is 37.3 Å². The Bertz CT molecular complexity index is 613. The Kier molecular flexibility index (Phi) is 6.52. The molecule has 0 spiro atoms. The van der Waals surface area contributed by atoms with E-state index in [1.807, 2.05) is 18.2 Å². The molecule has 2 aliphatic heterocycles. The van der Waals surface area contributed by atoms with Crippen molar-refractivity contribution in [2.45, 2.75) is 45.6 Å². The fourth-order valence-corrected chi connectivity index (χ4v) is 4.29. The fraction of sp³-hybridized carbons (Fsp3) is 0.619. The van der Waals surface area contributed by atoms with Crippen molar-refractivity contribution in [1.29, 1.82) is 0 Å². The van der Waals surface area contributed by atoms with Crippen LogP contribution >= 0.6 is 12.2 Å². The van der Waals surface area contributed by atoms with Gasteiger partial charge in [-0.3, -0.25) is 4.79 Å². The van der Waals surface area contributed by atoms with E-state index in [1.54, 1.807) is 0 Å². The van der Waals surface area contributed by atoms with Crippen LogP contribution in [-0.4, -0.2) is 47.0 Å². The minimum Gasteiger partial charge on any atom is -0.356 e. The first kappa shape index (κ1) is 19.2. The maximum atomic E-state index is 12.9. The van der Waals surface area contributed by atoms with Crippen LogP contribution in [0.4, 0.5) is 0 Å².